The number of nitrogens with zero attached hydrogens (tertiary/aromatic N) is 4. The number of carboxylic acids is 4. The molecule has 0 fully saturated rings. The molecule has 0 saturated carbocycles. The van der Waals surface area contributed by atoms with Gasteiger partial charge in [0.2, 0.25) is 0 Å². The molecule has 20 nitrogen and oxygen atoms in total. The van der Waals surface area contributed by atoms with Gasteiger partial charge in [-0.2, -0.15) is 0 Å². The van der Waals surface area contributed by atoms with Crippen molar-refractivity contribution in [3.05, 3.63) is 132 Å². The van der Waals surface area contributed by atoms with Crippen LogP contribution < -0.4 is 20.4 Å². The van der Waals surface area contributed by atoms with Crippen molar-refractivity contribution < 1.29 is 116 Å². The molecular weight excluding hydrogens is 790 g/mol. The molecule has 0 atom stereocenters. The molecule has 0 aliphatic carbocycles. The molecule has 0 spiro atoms. The first-order valence-corrected chi connectivity index (χ1v) is 11.9. The van der Waals surface area contributed by atoms with E-state index in [4.69, 9.17) is 0 Å². The summed E-state index contributed by atoms with van der Waals surface area (Å²) in [5, 5.41) is 42.4. The molecule has 0 radical (unpaired) electrons. The van der Waals surface area contributed by atoms with Crippen LogP contribution in [0.4, 0.5) is 0 Å². The van der Waals surface area contributed by atoms with E-state index in [1.807, 2.05) is 72.8 Å². The molecule has 0 bridgehead atoms. The second-order valence-corrected chi connectivity index (χ2v) is 7.95. The largest absolute Gasteiger partial charge is 2.00 e. The minimum Gasteiger partial charge on any atom is -0.545 e. The number of pyridine rings is 4. The number of aromatic carboxylic acids is 4. The number of hydrogen-bond donors (Lipinski definition) is 0. The van der Waals surface area contributed by atoms with E-state index in [0.717, 1.165) is 22.8 Å². The van der Waals surface area contributed by atoms with Crippen LogP contribution in [-0.4, -0.2) is 54.8 Å². The third kappa shape index (κ3) is 18.9. The summed E-state index contributed by atoms with van der Waals surface area (Å²) in [6.07, 6.45) is 7.07. The van der Waals surface area contributed by atoms with Crippen molar-refractivity contribution in [1.29, 1.82) is 0 Å². The predicted octanol–water partition coefficient (Wildman–Crippen LogP) is -7.76. The Balaban J connectivity index is -0.0000000865. The van der Waals surface area contributed by atoms with Crippen molar-refractivity contribution in [2.75, 3.05) is 0 Å². The van der Waals surface area contributed by atoms with Gasteiger partial charge in [0.1, 0.15) is 0 Å². The molecule has 0 unspecified atom stereocenters. The van der Waals surface area contributed by atoms with Crippen molar-refractivity contribution in [3.8, 4) is 22.8 Å². The summed E-state index contributed by atoms with van der Waals surface area (Å²) in [5.41, 5.74) is -0.454. The molecule has 1 aromatic carbocycles. The van der Waals surface area contributed by atoms with Gasteiger partial charge in [-0.15, -0.1) is 0 Å². The van der Waals surface area contributed by atoms with Crippen LogP contribution in [0.25, 0.3) is 22.8 Å². The van der Waals surface area contributed by atoms with Gasteiger partial charge in [0.15, 0.2) is 0 Å². The molecule has 0 amide bonds. The number of carbonyl (C=O) groups excluding carboxylic acids is 4. The van der Waals surface area contributed by atoms with Gasteiger partial charge in [-0.1, -0.05) is 24.3 Å². The minimum atomic E-state index is -2.00. The van der Waals surface area contributed by atoms with Gasteiger partial charge in [0, 0.05) is 47.0 Å². The van der Waals surface area contributed by atoms with Gasteiger partial charge in [-0.05, 0) is 60.7 Å². The zero-order chi connectivity index (χ0) is 30.5. The van der Waals surface area contributed by atoms with E-state index in [-0.39, 0.29) is 76.8 Å². The normalized spacial score (nSPS) is 7.85. The molecule has 5 rings (SSSR count). The first-order chi connectivity index (χ1) is 20.2. The molecule has 0 aliphatic rings. The van der Waals surface area contributed by atoms with Crippen LogP contribution in [0, 0.1) is 0 Å². The molecule has 22 heteroatoms. The fraction of sp³-hybridized carbons (Fsp3) is 0. The summed E-state index contributed by atoms with van der Waals surface area (Å²) in [6.45, 7) is 0. The van der Waals surface area contributed by atoms with Crippen LogP contribution >= 0.6 is 0 Å². The Bertz CT molecular complexity index is 1450. The summed E-state index contributed by atoms with van der Waals surface area (Å²) >= 11 is 0. The monoisotopic (exact) mass is 828 g/mol. The smallest absolute Gasteiger partial charge is 0.545 e. The molecule has 0 aliphatic heterocycles. The van der Waals surface area contributed by atoms with Gasteiger partial charge in [0.25, 0.3) is 0 Å². The van der Waals surface area contributed by atoms with Gasteiger partial charge < -0.3 is 83.4 Å². The topological polar surface area (TPSA) is 473 Å². The SMILES string of the molecule is O.O.O=C([O-])c1cc(C(=O)[O-])c(C(=O)[O-])cc1C(=O)[O-].[Ni+2].[Ni+2].[OH3+].[OH3+].[OH3+].[OH3+].[OH3+].[OH3+].c1ccc(-c2ccccn2)nc1.c1ccc(-c2ccccn2)nc1. The number of rotatable bonds is 6. The first kappa shape index (κ1) is 64.8. The maximum atomic E-state index is 10.6. The van der Waals surface area contributed by atoms with Crippen LogP contribution in [0.1, 0.15) is 41.4 Å². The first-order valence-electron chi connectivity index (χ1n) is 11.9. The van der Waals surface area contributed by atoms with E-state index in [9.17, 15) is 39.6 Å². The van der Waals surface area contributed by atoms with Crippen molar-refractivity contribution >= 4 is 23.9 Å². The van der Waals surface area contributed by atoms with E-state index in [1.54, 1.807) is 24.8 Å². The molecular formula is C30H40N4Ni2O16+6. The number of hydrogen-bond acceptors (Lipinski definition) is 12. The number of carboxylic acid groups (broad SMARTS) is 4. The Morgan fingerprint density at radius 2 is 0.538 bits per heavy atom. The second kappa shape index (κ2) is 32.6. The van der Waals surface area contributed by atoms with Crippen LogP contribution in [0.5, 0.6) is 0 Å². The van der Waals surface area contributed by atoms with E-state index in [0.29, 0.717) is 12.1 Å². The molecule has 5 aromatic rings. The van der Waals surface area contributed by atoms with E-state index in [2.05, 4.69) is 19.9 Å². The zero-order valence-electron chi connectivity index (χ0n) is 26.5. The summed E-state index contributed by atoms with van der Waals surface area (Å²) in [4.78, 5) is 59.2. The Morgan fingerprint density at radius 3 is 0.654 bits per heavy atom. The Kier molecular flexibility index (Phi) is 40.6. The van der Waals surface area contributed by atoms with Crippen LogP contribution in [-0.2, 0) is 65.8 Å². The molecule has 4 aromatic heterocycles. The summed E-state index contributed by atoms with van der Waals surface area (Å²) in [7, 11) is 0. The summed E-state index contributed by atoms with van der Waals surface area (Å²) in [5.74, 6) is -7.99. The summed E-state index contributed by atoms with van der Waals surface area (Å²) in [6, 6.07) is 23.8. The van der Waals surface area contributed by atoms with Crippen molar-refractivity contribution in [1.82, 2.24) is 19.9 Å². The maximum absolute atomic E-state index is 10.6. The third-order valence-electron chi connectivity index (χ3n) is 5.22. The standard InChI is InChI=1S/2C10H8N2.C10H6O8.2Ni.8H2O/c2*1-3-7-11-9(5-1)10-6-2-4-8-12-10;11-7(12)3-1-4(8(13)14)6(10(17)18)2-5(3)9(15)16;;;;;;;;;;/h2*1-8H;1-2H,(H,11,12)(H,13,14)(H,15,16)(H,17,18);;;8*1H2/q;;;2*+2;;;;;;;;/p+2. The minimum absolute atomic E-state index is 0. The van der Waals surface area contributed by atoms with Crippen LogP contribution in [0.15, 0.2) is 110 Å². The van der Waals surface area contributed by atoms with E-state index >= 15 is 0 Å². The zero-order valence-corrected chi connectivity index (χ0v) is 28.5. The molecule has 22 N–H and O–H groups in total. The Labute approximate surface area is 314 Å². The molecule has 4 heterocycles. The predicted molar refractivity (Wildman–Crippen MR) is 175 cm³/mol. The Morgan fingerprint density at radius 1 is 0.365 bits per heavy atom. The second-order valence-electron chi connectivity index (χ2n) is 7.95. The fourth-order valence-corrected chi connectivity index (χ4v) is 3.33. The molecule has 0 saturated heterocycles. The van der Waals surface area contributed by atoms with Gasteiger partial charge in [0.05, 0.1) is 46.7 Å². The Hall–Kier alpha value is -5.63. The van der Waals surface area contributed by atoms with Gasteiger partial charge >= 0.3 is 33.0 Å². The van der Waals surface area contributed by atoms with E-state index in [1.165, 1.54) is 0 Å². The summed E-state index contributed by atoms with van der Waals surface area (Å²) < 4.78 is 0. The van der Waals surface area contributed by atoms with Gasteiger partial charge in [-0.3, -0.25) is 19.9 Å². The third-order valence-corrected chi connectivity index (χ3v) is 5.22. The molecule has 52 heavy (non-hydrogen) atoms. The fourth-order valence-electron chi connectivity index (χ4n) is 3.33. The van der Waals surface area contributed by atoms with Crippen LogP contribution in [0.2, 0.25) is 0 Å². The van der Waals surface area contributed by atoms with Gasteiger partial charge in [-0.25, -0.2) is 0 Å². The number of carbonyl (C=O) groups is 4. The maximum Gasteiger partial charge on any atom is 2.00 e. The van der Waals surface area contributed by atoms with Crippen molar-refractivity contribution in [3.63, 3.8) is 0 Å². The van der Waals surface area contributed by atoms with E-state index < -0.39 is 46.1 Å². The number of benzene rings is 1. The van der Waals surface area contributed by atoms with Crippen molar-refractivity contribution in [2.45, 2.75) is 0 Å². The van der Waals surface area contributed by atoms with Crippen LogP contribution in [0.3, 0.4) is 0 Å². The quantitative estimate of drug-likeness (QED) is 0.114. The number of aromatic nitrogens is 4. The average Bonchev–Trinajstić information content (AvgIpc) is 3.02. The average molecular weight is 830 g/mol. The molecule has 290 valence electrons. The van der Waals surface area contributed by atoms with Crippen molar-refractivity contribution in [2.24, 2.45) is 0 Å².